The number of amides is 1. The molecule has 2 fully saturated rings. The molecule has 1 aliphatic heterocycles. The highest BCUT2D eigenvalue weighted by Gasteiger charge is 2.39. The van der Waals surface area contributed by atoms with E-state index in [-0.39, 0.29) is 29.6 Å². The maximum atomic E-state index is 12.4. The molecular formula is C18H27ClN2O2. The first-order valence-electron chi connectivity index (χ1n) is 8.38. The van der Waals surface area contributed by atoms with Gasteiger partial charge in [0.15, 0.2) is 0 Å². The van der Waals surface area contributed by atoms with Crippen LogP contribution in [-0.2, 0) is 14.9 Å². The van der Waals surface area contributed by atoms with Gasteiger partial charge < -0.3 is 15.8 Å². The minimum atomic E-state index is -0.406. The lowest BCUT2D eigenvalue weighted by Crippen LogP contribution is -2.52. The number of hydrogen-bond donors (Lipinski definition) is 2. The maximum Gasteiger partial charge on any atom is 0.237 e. The van der Waals surface area contributed by atoms with Crippen LogP contribution >= 0.6 is 12.4 Å². The lowest BCUT2D eigenvalue weighted by molar-refractivity contribution is -0.124. The average molecular weight is 339 g/mol. The average Bonchev–Trinajstić information content (AvgIpc) is 2.55. The fourth-order valence-electron chi connectivity index (χ4n) is 3.63. The summed E-state index contributed by atoms with van der Waals surface area (Å²) >= 11 is 0. The molecule has 1 aromatic rings. The molecule has 3 rings (SSSR count). The van der Waals surface area contributed by atoms with Gasteiger partial charge in [-0.3, -0.25) is 4.79 Å². The van der Waals surface area contributed by atoms with Crippen molar-refractivity contribution in [2.45, 2.75) is 43.6 Å². The zero-order valence-electron chi connectivity index (χ0n) is 13.5. The molecule has 0 radical (unpaired) electrons. The molecule has 4 nitrogen and oxygen atoms in total. The van der Waals surface area contributed by atoms with Crippen LogP contribution in [0, 0.1) is 5.92 Å². The monoisotopic (exact) mass is 338 g/mol. The Morgan fingerprint density at radius 3 is 2.48 bits per heavy atom. The van der Waals surface area contributed by atoms with Crippen LogP contribution in [0.4, 0.5) is 0 Å². The summed E-state index contributed by atoms with van der Waals surface area (Å²) in [6, 6.07) is 10.1. The maximum absolute atomic E-state index is 12.4. The molecule has 0 spiro atoms. The molecule has 2 aliphatic rings. The number of halogens is 1. The number of nitrogens with two attached hydrogens (primary N) is 1. The fourth-order valence-corrected chi connectivity index (χ4v) is 3.63. The van der Waals surface area contributed by atoms with Gasteiger partial charge in [-0.1, -0.05) is 36.8 Å². The summed E-state index contributed by atoms with van der Waals surface area (Å²) in [6.45, 7) is 2.14. The molecule has 1 heterocycles. The quantitative estimate of drug-likeness (QED) is 0.866. The Balaban J connectivity index is 0.00000192. The smallest absolute Gasteiger partial charge is 0.237 e. The molecule has 1 saturated carbocycles. The Kier molecular flexibility index (Phi) is 6.45. The van der Waals surface area contributed by atoms with Crippen LogP contribution in [0.2, 0.25) is 0 Å². The van der Waals surface area contributed by atoms with Crippen LogP contribution in [0.1, 0.15) is 37.7 Å². The van der Waals surface area contributed by atoms with Crippen molar-refractivity contribution in [3.63, 3.8) is 0 Å². The van der Waals surface area contributed by atoms with E-state index < -0.39 is 6.04 Å². The van der Waals surface area contributed by atoms with Gasteiger partial charge in [0.05, 0.1) is 6.04 Å². The molecule has 1 saturated heterocycles. The van der Waals surface area contributed by atoms with Crippen molar-refractivity contribution in [1.82, 2.24) is 5.32 Å². The van der Waals surface area contributed by atoms with Crippen LogP contribution in [0.25, 0.3) is 0 Å². The molecule has 0 aromatic heterocycles. The van der Waals surface area contributed by atoms with Crippen LogP contribution < -0.4 is 11.1 Å². The molecule has 128 valence electrons. The van der Waals surface area contributed by atoms with Gasteiger partial charge in [0, 0.05) is 25.2 Å². The van der Waals surface area contributed by atoms with Crippen LogP contribution in [0.15, 0.2) is 30.3 Å². The van der Waals surface area contributed by atoms with E-state index in [9.17, 15) is 4.79 Å². The Bertz CT molecular complexity index is 499. The molecule has 0 bridgehead atoms. The first-order valence-corrected chi connectivity index (χ1v) is 8.38. The van der Waals surface area contributed by atoms with Gasteiger partial charge in [-0.05, 0) is 37.2 Å². The highest BCUT2D eigenvalue weighted by Crippen LogP contribution is 2.43. The molecular weight excluding hydrogens is 312 g/mol. The van der Waals surface area contributed by atoms with Crippen molar-refractivity contribution in [2.75, 3.05) is 19.8 Å². The fraction of sp³-hybridized carbons (Fsp3) is 0.611. The van der Waals surface area contributed by atoms with Gasteiger partial charge in [-0.15, -0.1) is 12.4 Å². The van der Waals surface area contributed by atoms with E-state index in [2.05, 4.69) is 29.6 Å². The number of ether oxygens (including phenoxy) is 1. The highest BCUT2D eigenvalue weighted by atomic mass is 35.5. The summed E-state index contributed by atoms with van der Waals surface area (Å²) < 4.78 is 5.34. The summed E-state index contributed by atoms with van der Waals surface area (Å²) in [5, 5.41) is 3.12. The van der Waals surface area contributed by atoms with E-state index >= 15 is 0 Å². The van der Waals surface area contributed by atoms with E-state index in [1.165, 1.54) is 12.0 Å². The largest absolute Gasteiger partial charge is 0.381 e. The summed E-state index contributed by atoms with van der Waals surface area (Å²) in [7, 11) is 0. The predicted octanol–water partition coefficient (Wildman–Crippen LogP) is 2.40. The van der Waals surface area contributed by atoms with E-state index in [1.807, 2.05) is 6.07 Å². The zero-order chi connectivity index (χ0) is 15.4. The second-order valence-corrected chi connectivity index (χ2v) is 6.69. The second-order valence-electron chi connectivity index (χ2n) is 6.69. The van der Waals surface area contributed by atoms with Crippen molar-refractivity contribution in [3.05, 3.63) is 35.9 Å². The molecule has 1 amide bonds. The summed E-state index contributed by atoms with van der Waals surface area (Å²) in [6.07, 6.45) is 5.29. The molecule has 23 heavy (non-hydrogen) atoms. The van der Waals surface area contributed by atoms with Crippen molar-refractivity contribution in [3.8, 4) is 0 Å². The SMILES string of the molecule is Cl.NC(C(=O)NCC1(c2ccccc2)CCC1)C1CCOCC1. The lowest BCUT2D eigenvalue weighted by Gasteiger charge is -2.43. The molecule has 1 aromatic carbocycles. The van der Waals surface area contributed by atoms with E-state index in [4.69, 9.17) is 10.5 Å². The number of carbonyl (C=O) groups excluding carboxylic acids is 1. The molecule has 1 unspecified atom stereocenters. The number of benzene rings is 1. The van der Waals surface area contributed by atoms with Gasteiger partial charge in [0.2, 0.25) is 5.91 Å². The topological polar surface area (TPSA) is 64.4 Å². The molecule has 1 atom stereocenters. The summed E-state index contributed by atoms with van der Waals surface area (Å²) in [5.74, 6) is 0.247. The van der Waals surface area contributed by atoms with Gasteiger partial charge in [0.25, 0.3) is 0 Å². The van der Waals surface area contributed by atoms with E-state index in [0.717, 1.165) is 38.9 Å². The molecule has 1 aliphatic carbocycles. The predicted molar refractivity (Wildman–Crippen MR) is 93.7 cm³/mol. The Labute approximate surface area is 144 Å². The standard InChI is InChI=1S/C18H26N2O2.ClH/c19-16(14-7-11-22-12-8-14)17(21)20-13-18(9-4-10-18)15-5-2-1-3-6-15;/h1-3,5-6,14,16H,4,7-13,19H2,(H,20,21);1H. The third-order valence-corrected chi connectivity index (χ3v) is 5.37. The zero-order valence-corrected chi connectivity index (χ0v) is 14.3. The number of nitrogens with one attached hydrogen (secondary N) is 1. The Hall–Kier alpha value is -1.10. The van der Waals surface area contributed by atoms with Crippen LogP contribution in [-0.4, -0.2) is 31.7 Å². The third-order valence-electron chi connectivity index (χ3n) is 5.37. The van der Waals surface area contributed by atoms with Crippen molar-refractivity contribution < 1.29 is 9.53 Å². The number of hydrogen-bond acceptors (Lipinski definition) is 3. The molecule has 3 N–H and O–H groups in total. The van der Waals surface area contributed by atoms with Gasteiger partial charge in [-0.2, -0.15) is 0 Å². The first-order chi connectivity index (χ1) is 10.7. The van der Waals surface area contributed by atoms with Crippen LogP contribution in [0.3, 0.4) is 0 Å². The lowest BCUT2D eigenvalue weighted by atomic mass is 9.64. The Morgan fingerprint density at radius 1 is 1.26 bits per heavy atom. The third kappa shape index (κ3) is 4.06. The van der Waals surface area contributed by atoms with Crippen LogP contribution in [0.5, 0.6) is 0 Å². The van der Waals surface area contributed by atoms with Gasteiger partial charge >= 0.3 is 0 Å². The van der Waals surface area contributed by atoms with Gasteiger partial charge in [-0.25, -0.2) is 0 Å². The van der Waals surface area contributed by atoms with Crippen molar-refractivity contribution in [2.24, 2.45) is 11.7 Å². The minimum Gasteiger partial charge on any atom is -0.381 e. The highest BCUT2D eigenvalue weighted by molar-refractivity contribution is 5.85. The number of carbonyl (C=O) groups is 1. The van der Waals surface area contributed by atoms with E-state index in [0.29, 0.717) is 6.54 Å². The van der Waals surface area contributed by atoms with Crippen molar-refractivity contribution >= 4 is 18.3 Å². The number of rotatable bonds is 5. The summed E-state index contributed by atoms with van der Waals surface area (Å²) in [5.41, 5.74) is 7.60. The first kappa shape index (κ1) is 18.2. The second kappa shape index (κ2) is 8.13. The molecule has 5 heteroatoms. The Morgan fingerprint density at radius 2 is 1.91 bits per heavy atom. The normalized spacial score (nSPS) is 21.6. The summed E-state index contributed by atoms with van der Waals surface area (Å²) in [4.78, 5) is 12.4. The van der Waals surface area contributed by atoms with E-state index in [1.54, 1.807) is 0 Å². The minimum absolute atomic E-state index is 0. The van der Waals surface area contributed by atoms with Crippen molar-refractivity contribution in [1.29, 1.82) is 0 Å². The van der Waals surface area contributed by atoms with Gasteiger partial charge in [0.1, 0.15) is 0 Å².